The number of esters is 4. The van der Waals surface area contributed by atoms with Gasteiger partial charge in [0.2, 0.25) is 0 Å². The largest absolute Gasteiger partial charge is 0.472 e. The first kappa shape index (κ1) is 107. The van der Waals surface area contributed by atoms with E-state index in [2.05, 4.69) is 58.9 Å². The minimum Gasteiger partial charge on any atom is -0.463 e. The van der Waals surface area contributed by atoms with Gasteiger partial charge in [0.05, 0.1) is 13.2 Å². The summed E-state index contributed by atoms with van der Waals surface area (Å²) in [6.45, 7) is 7.87. The van der Waals surface area contributed by atoms with E-state index in [0.717, 1.165) is 116 Å². The van der Waals surface area contributed by atoms with Crippen LogP contribution in [-0.2, 0) is 70.7 Å². The molecule has 3 aliphatic rings. The van der Waals surface area contributed by atoms with Crippen LogP contribution in [0.25, 0.3) is 0 Å². The topological polar surface area (TPSA) is 380 Å². The number of phosphoric acid groups is 1. The van der Waals surface area contributed by atoms with Crippen molar-refractivity contribution in [1.82, 2.24) is 0 Å². The Morgan fingerprint density at radius 1 is 0.362 bits per heavy atom. The molecule has 0 radical (unpaired) electrons. The summed E-state index contributed by atoms with van der Waals surface area (Å²) in [6.07, 6.45) is 26.3. The van der Waals surface area contributed by atoms with Crippen LogP contribution in [0.15, 0.2) is 24.3 Å². The minimum atomic E-state index is -5.81. The highest BCUT2D eigenvalue weighted by atomic mass is 31.2. The second-order valence-electron chi connectivity index (χ2n) is 33.4. The summed E-state index contributed by atoms with van der Waals surface area (Å²) in [7, 11) is -5.81. The van der Waals surface area contributed by atoms with Gasteiger partial charge < -0.3 is 88.7 Å². The van der Waals surface area contributed by atoms with Gasteiger partial charge in [-0.15, -0.1) is 0 Å². The number of hydrogen-bond donors (Lipinski definition) is 10. The number of ether oxygens (including phenoxy) is 8. The van der Waals surface area contributed by atoms with Gasteiger partial charge in [-0.25, -0.2) is 4.57 Å². The molecule has 25 nitrogen and oxygen atoms in total. The molecule has 0 aromatic rings. The summed E-state index contributed by atoms with van der Waals surface area (Å²) in [5.74, 6) is -2.33. The third-order valence-corrected chi connectivity index (χ3v) is 23.8. The lowest BCUT2D eigenvalue weighted by Gasteiger charge is -2.50. The average molecular weight is 1680 g/mol. The molecule has 0 aromatic carbocycles. The smallest absolute Gasteiger partial charge is 0.463 e. The maximum atomic E-state index is 14.9. The van der Waals surface area contributed by atoms with Crippen molar-refractivity contribution in [3.63, 3.8) is 0 Å². The predicted molar refractivity (Wildman–Crippen MR) is 449 cm³/mol. The van der Waals surface area contributed by atoms with Crippen LogP contribution < -0.4 is 0 Å². The van der Waals surface area contributed by atoms with Gasteiger partial charge in [-0.05, 0) is 83.0 Å². The Morgan fingerprint density at radius 3 is 1.12 bits per heavy atom. The molecule has 26 heteroatoms. The maximum Gasteiger partial charge on any atom is 0.472 e. The zero-order valence-electron chi connectivity index (χ0n) is 72.5. The first-order chi connectivity index (χ1) is 56.1. The number of unbranched alkanes of at least 4 members (excludes halogenated alkanes) is 42. The summed E-state index contributed by atoms with van der Waals surface area (Å²) in [5.41, 5.74) is 0. The van der Waals surface area contributed by atoms with Gasteiger partial charge in [-0.3, -0.25) is 28.2 Å². The van der Waals surface area contributed by atoms with E-state index < -0.39 is 162 Å². The summed E-state index contributed by atoms with van der Waals surface area (Å²) < 4.78 is 73.3. The van der Waals surface area contributed by atoms with Crippen LogP contribution in [-0.4, -0.2) is 205 Å². The molecule has 116 heavy (non-hydrogen) atoms. The van der Waals surface area contributed by atoms with Crippen molar-refractivity contribution >= 4 is 31.7 Å². The molecule has 680 valence electrons. The standard InChI is InChI=1S/C90H165O25P/c1-6-10-14-18-22-25-28-31-32-35-37-40-43-50-56-62-74(93)107-68-72-78(97)80(99)84(103)90(111-72)114-87-85(112-76(95)64-58-51-44-41-38-34-30-27-24-20-16-12-8-3)81(100)82(101)86(113-89-83(102)79(98)77(96)71(65-91)110-89)88(87)115-116(104,105)108-67-70(66-106-73(92)61-55-49-42-39-36-33-29-26-23-19-15-11-7-2)109-75(94)63-57-52-46-45-48-54-60-69(5)59-53-47-21-17-13-9-4/h33-34,36,38,69-72,77-91,96-103H,6-32,35,37,39-68H2,1-5H3,(H,104,105)/b36-33-,38-34-. The van der Waals surface area contributed by atoms with Crippen LogP contribution in [0.5, 0.6) is 0 Å². The maximum absolute atomic E-state index is 14.9. The molecule has 3 rings (SSSR count). The van der Waals surface area contributed by atoms with Crippen molar-refractivity contribution in [2.24, 2.45) is 5.92 Å². The Kier molecular flexibility index (Phi) is 63.2. The highest BCUT2D eigenvalue weighted by molar-refractivity contribution is 7.47. The van der Waals surface area contributed by atoms with Crippen LogP contribution in [0, 0.1) is 5.92 Å². The summed E-state index contributed by atoms with van der Waals surface area (Å²) >= 11 is 0. The molecular formula is C90H165O25P. The first-order valence-electron chi connectivity index (χ1n) is 46.5. The monoisotopic (exact) mass is 1680 g/mol. The van der Waals surface area contributed by atoms with E-state index in [1.165, 1.54) is 167 Å². The quantitative estimate of drug-likeness (QED) is 0.00889. The number of hydrogen-bond acceptors (Lipinski definition) is 24. The van der Waals surface area contributed by atoms with E-state index in [-0.39, 0.29) is 32.1 Å². The molecule has 1 saturated carbocycles. The van der Waals surface area contributed by atoms with Crippen LogP contribution in [0.3, 0.4) is 0 Å². The van der Waals surface area contributed by atoms with Crippen molar-refractivity contribution in [1.29, 1.82) is 0 Å². The summed E-state index contributed by atoms with van der Waals surface area (Å²) in [6, 6.07) is 0. The number of rotatable bonds is 74. The summed E-state index contributed by atoms with van der Waals surface area (Å²) in [5, 5.41) is 102. The molecule has 1 aliphatic carbocycles. The second-order valence-corrected chi connectivity index (χ2v) is 34.8. The Labute approximate surface area is 698 Å². The van der Waals surface area contributed by atoms with Gasteiger partial charge in [-0.2, -0.15) is 0 Å². The van der Waals surface area contributed by atoms with Gasteiger partial charge in [0, 0.05) is 25.7 Å². The van der Waals surface area contributed by atoms with Gasteiger partial charge in [0.1, 0.15) is 92.6 Å². The van der Waals surface area contributed by atoms with Crippen molar-refractivity contribution in [2.45, 2.75) is 492 Å². The first-order valence-corrected chi connectivity index (χ1v) is 48.0. The third kappa shape index (κ3) is 48.7. The Morgan fingerprint density at radius 2 is 0.698 bits per heavy atom. The van der Waals surface area contributed by atoms with E-state index >= 15 is 0 Å². The number of phosphoric ester groups is 1. The molecule has 0 spiro atoms. The van der Waals surface area contributed by atoms with E-state index in [4.69, 9.17) is 46.9 Å². The Balaban J connectivity index is 1.93. The molecule has 2 heterocycles. The van der Waals surface area contributed by atoms with Gasteiger partial charge in [0.15, 0.2) is 24.8 Å². The zero-order chi connectivity index (χ0) is 84.8. The fraction of sp³-hybridized carbons (Fsp3) is 0.911. The average Bonchev–Trinajstić information content (AvgIpc) is 0.751. The normalized spacial score (nSPS) is 25.5. The lowest BCUT2D eigenvalue weighted by molar-refractivity contribution is -0.360. The van der Waals surface area contributed by atoms with Crippen molar-refractivity contribution in [3.8, 4) is 0 Å². The Hall–Kier alpha value is -3.05. The molecule has 19 atom stereocenters. The fourth-order valence-corrected chi connectivity index (χ4v) is 16.3. The third-order valence-electron chi connectivity index (χ3n) is 22.8. The molecule has 3 fully saturated rings. The molecule has 0 aromatic heterocycles. The lowest BCUT2D eigenvalue weighted by atomic mass is 9.84. The van der Waals surface area contributed by atoms with Gasteiger partial charge in [-0.1, -0.05) is 309 Å². The Bertz CT molecular complexity index is 2530. The fourth-order valence-electron chi connectivity index (χ4n) is 15.3. The molecule has 19 unspecified atom stereocenters. The van der Waals surface area contributed by atoms with Crippen molar-refractivity contribution in [2.75, 3.05) is 26.4 Å². The van der Waals surface area contributed by atoms with Crippen LogP contribution in [0.1, 0.15) is 388 Å². The number of carbonyl (C=O) groups excluding carboxylic acids is 4. The van der Waals surface area contributed by atoms with Crippen LogP contribution >= 0.6 is 7.82 Å². The number of allylic oxidation sites excluding steroid dienone is 4. The number of aliphatic hydroxyl groups is 9. The van der Waals surface area contributed by atoms with E-state index in [1.54, 1.807) is 0 Å². The molecule has 2 saturated heterocycles. The summed E-state index contributed by atoms with van der Waals surface area (Å²) in [4.78, 5) is 66.4. The lowest BCUT2D eigenvalue weighted by Crippen LogP contribution is -2.70. The van der Waals surface area contributed by atoms with E-state index in [1.807, 2.05) is 0 Å². The van der Waals surface area contributed by atoms with E-state index in [9.17, 15) is 74.6 Å². The number of carbonyl (C=O) groups is 4. The molecule has 0 amide bonds. The molecule has 10 N–H and O–H groups in total. The van der Waals surface area contributed by atoms with Crippen molar-refractivity contribution in [3.05, 3.63) is 24.3 Å². The van der Waals surface area contributed by atoms with Gasteiger partial charge >= 0.3 is 31.7 Å². The van der Waals surface area contributed by atoms with Crippen LogP contribution in [0.2, 0.25) is 0 Å². The van der Waals surface area contributed by atoms with Crippen molar-refractivity contribution < 1.29 is 122 Å². The highest BCUT2D eigenvalue weighted by Crippen LogP contribution is 2.49. The van der Waals surface area contributed by atoms with Gasteiger partial charge in [0.25, 0.3) is 0 Å². The molecule has 0 bridgehead atoms. The molecule has 2 aliphatic heterocycles. The second kappa shape index (κ2) is 68.4. The van der Waals surface area contributed by atoms with Crippen LogP contribution in [0.4, 0.5) is 0 Å². The minimum absolute atomic E-state index is 0.0132. The number of aliphatic hydroxyl groups excluding tert-OH is 9. The SMILES string of the molecule is CCCCCCCC/C=C\CCCCCC(=O)OCC(COP(=O)(O)OC1C(OC2OC(CO)C(O)C(O)C2O)C(O)C(O)C(OC(=O)CCCCC/C=C\CCCCCCCC)C1OC1OC(COC(=O)CCCCCCCCCCCCCCCCC)C(O)C(O)C1O)OC(=O)CCCCCCCCC(C)CCCCCCCC. The zero-order valence-corrected chi connectivity index (χ0v) is 73.4. The predicted octanol–water partition coefficient (Wildman–Crippen LogP) is 16.8. The molecular weight excluding hydrogens is 1510 g/mol. The van der Waals surface area contributed by atoms with E-state index in [0.29, 0.717) is 44.4 Å². The highest BCUT2D eigenvalue weighted by Gasteiger charge is 2.60.